The van der Waals surface area contributed by atoms with E-state index in [1.165, 1.54) is 18.6 Å². The molecular formula is C19H18B2N4O3. The molecule has 0 fully saturated rings. The average Bonchev–Trinajstić information content (AvgIpc) is 2.68. The van der Waals surface area contributed by atoms with Crippen LogP contribution in [0.2, 0.25) is 0 Å². The van der Waals surface area contributed by atoms with Gasteiger partial charge in [-0.1, -0.05) is 12.1 Å². The second kappa shape index (κ2) is 7.96. The number of rotatable bonds is 6. The number of benzene rings is 1. The van der Waals surface area contributed by atoms with Gasteiger partial charge in [0.25, 0.3) is 5.91 Å². The van der Waals surface area contributed by atoms with Crippen LogP contribution in [0.5, 0.6) is 5.75 Å². The molecule has 3 N–H and O–H groups in total. The van der Waals surface area contributed by atoms with Gasteiger partial charge in [-0.3, -0.25) is 19.6 Å². The molecule has 2 heterocycles. The summed E-state index contributed by atoms with van der Waals surface area (Å²) < 4.78 is 6.03. The SMILES string of the molecule is BC(B)(Oc1cncc(C(N)=O)c1)c1cccc(NC(=O)c2cccnc2)c1. The molecule has 0 bridgehead atoms. The Morgan fingerprint density at radius 2 is 1.79 bits per heavy atom. The van der Waals surface area contributed by atoms with E-state index in [9.17, 15) is 9.59 Å². The summed E-state index contributed by atoms with van der Waals surface area (Å²) in [6.45, 7) is 0. The summed E-state index contributed by atoms with van der Waals surface area (Å²) in [5, 5.41) is 2.11. The zero-order valence-electron chi connectivity index (χ0n) is 15.5. The van der Waals surface area contributed by atoms with Gasteiger partial charge in [0.2, 0.25) is 5.91 Å². The van der Waals surface area contributed by atoms with Crippen molar-refractivity contribution in [1.29, 1.82) is 0 Å². The van der Waals surface area contributed by atoms with Gasteiger partial charge in [0, 0.05) is 24.3 Å². The smallest absolute Gasteiger partial charge is 0.257 e. The van der Waals surface area contributed by atoms with Crippen LogP contribution < -0.4 is 15.8 Å². The van der Waals surface area contributed by atoms with Gasteiger partial charge in [0.05, 0.1) is 22.7 Å². The molecule has 0 aliphatic carbocycles. The lowest BCUT2D eigenvalue weighted by molar-refractivity contribution is 0.0996. The zero-order chi connectivity index (χ0) is 20.1. The van der Waals surface area contributed by atoms with Crippen molar-refractivity contribution in [2.45, 2.75) is 5.40 Å². The van der Waals surface area contributed by atoms with Crippen molar-refractivity contribution in [3.05, 3.63) is 83.9 Å². The molecule has 7 nitrogen and oxygen atoms in total. The Bertz CT molecular complexity index is 1010. The number of nitrogens with zero attached hydrogens (tertiary/aromatic N) is 2. The van der Waals surface area contributed by atoms with Crippen molar-refractivity contribution in [2.75, 3.05) is 5.32 Å². The van der Waals surface area contributed by atoms with Crippen LogP contribution >= 0.6 is 0 Å². The largest absolute Gasteiger partial charge is 0.499 e. The number of anilines is 1. The number of nitrogens with two attached hydrogens (primary N) is 1. The van der Waals surface area contributed by atoms with E-state index >= 15 is 0 Å². The molecule has 138 valence electrons. The summed E-state index contributed by atoms with van der Waals surface area (Å²) in [5.74, 6) is -0.399. The number of pyridine rings is 2. The van der Waals surface area contributed by atoms with E-state index < -0.39 is 11.3 Å². The van der Waals surface area contributed by atoms with Crippen LogP contribution in [0.3, 0.4) is 0 Å². The highest BCUT2D eigenvalue weighted by Crippen LogP contribution is 2.25. The number of hydrogen-bond donors (Lipinski definition) is 2. The number of carbonyl (C=O) groups excluding carboxylic acids is 2. The van der Waals surface area contributed by atoms with Crippen molar-refractivity contribution in [3.63, 3.8) is 0 Å². The Balaban J connectivity index is 1.79. The zero-order valence-corrected chi connectivity index (χ0v) is 15.5. The predicted molar refractivity (Wildman–Crippen MR) is 111 cm³/mol. The van der Waals surface area contributed by atoms with Crippen molar-refractivity contribution in [2.24, 2.45) is 5.73 Å². The fourth-order valence-corrected chi connectivity index (χ4v) is 2.63. The third kappa shape index (κ3) is 4.56. The van der Waals surface area contributed by atoms with Crippen LogP contribution in [0, 0.1) is 0 Å². The number of primary amides is 1. The molecule has 0 spiro atoms. The maximum atomic E-state index is 12.3. The molecule has 0 atom stereocenters. The number of carbonyl (C=O) groups is 2. The lowest BCUT2D eigenvalue weighted by atomic mass is 9.61. The molecule has 1 aromatic carbocycles. The Morgan fingerprint density at radius 3 is 2.50 bits per heavy atom. The number of nitrogens with one attached hydrogen (secondary N) is 1. The fourth-order valence-electron chi connectivity index (χ4n) is 2.63. The molecule has 0 aliphatic rings. The lowest BCUT2D eigenvalue weighted by Gasteiger charge is -2.28. The minimum atomic E-state index is -0.743. The molecule has 0 unspecified atom stereocenters. The van der Waals surface area contributed by atoms with Crippen LogP contribution in [0.1, 0.15) is 26.3 Å². The Hall–Kier alpha value is -3.61. The normalized spacial score (nSPS) is 10.9. The van der Waals surface area contributed by atoms with Crippen LogP contribution in [0.15, 0.2) is 67.3 Å². The summed E-state index contributed by atoms with van der Waals surface area (Å²) in [4.78, 5) is 31.6. The fraction of sp³-hybridized carbons (Fsp3) is 0.0526. The first-order valence-corrected chi connectivity index (χ1v) is 8.61. The Kier molecular flexibility index (Phi) is 5.44. The van der Waals surface area contributed by atoms with E-state index in [-0.39, 0.29) is 11.5 Å². The molecule has 9 heteroatoms. The van der Waals surface area contributed by atoms with E-state index in [2.05, 4.69) is 15.3 Å². The van der Waals surface area contributed by atoms with Crippen LogP contribution in [-0.2, 0) is 5.40 Å². The van der Waals surface area contributed by atoms with E-state index in [4.69, 9.17) is 10.5 Å². The summed E-state index contributed by atoms with van der Waals surface area (Å²) in [7, 11) is 3.76. The van der Waals surface area contributed by atoms with Crippen LogP contribution in [0.4, 0.5) is 5.69 Å². The molecule has 3 rings (SSSR count). The predicted octanol–water partition coefficient (Wildman–Crippen LogP) is 0.283. The van der Waals surface area contributed by atoms with Crippen molar-refractivity contribution in [3.8, 4) is 5.75 Å². The quantitative estimate of drug-likeness (QED) is 0.605. The molecule has 0 saturated heterocycles. The molecular weight excluding hydrogens is 354 g/mol. The average molecular weight is 372 g/mol. The van der Waals surface area contributed by atoms with Gasteiger partial charge in [-0.25, -0.2) is 0 Å². The maximum absolute atomic E-state index is 12.3. The van der Waals surface area contributed by atoms with E-state index in [0.717, 1.165) is 5.56 Å². The number of amides is 2. The summed E-state index contributed by atoms with van der Waals surface area (Å²) >= 11 is 0. The van der Waals surface area contributed by atoms with Gasteiger partial charge >= 0.3 is 0 Å². The van der Waals surface area contributed by atoms with Gasteiger partial charge in [-0.05, 0) is 35.9 Å². The van der Waals surface area contributed by atoms with E-state index in [1.54, 1.807) is 30.5 Å². The van der Waals surface area contributed by atoms with Crippen molar-refractivity contribution < 1.29 is 14.3 Å². The minimum Gasteiger partial charge on any atom is -0.499 e. The van der Waals surface area contributed by atoms with E-state index in [1.807, 2.05) is 33.9 Å². The van der Waals surface area contributed by atoms with Gasteiger partial charge in [-0.15, -0.1) is 0 Å². The van der Waals surface area contributed by atoms with Gasteiger partial charge < -0.3 is 15.8 Å². The Morgan fingerprint density at radius 1 is 1.00 bits per heavy atom. The molecule has 3 aromatic rings. The van der Waals surface area contributed by atoms with Gasteiger partial charge in [-0.2, -0.15) is 0 Å². The molecule has 2 amide bonds. The highest BCUT2D eigenvalue weighted by molar-refractivity contribution is 6.39. The first-order chi connectivity index (χ1) is 13.3. The van der Waals surface area contributed by atoms with Crippen molar-refractivity contribution in [1.82, 2.24) is 9.97 Å². The van der Waals surface area contributed by atoms with Crippen LogP contribution in [-0.4, -0.2) is 37.5 Å². The first kappa shape index (κ1) is 19.2. The molecule has 0 aliphatic heterocycles. The summed E-state index contributed by atoms with van der Waals surface area (Å²) in [5.41, 5.74) is 7.50. The monoisotopic (exact) mass is 372 g/mol. The summed E-state index contributed by atoms with van der Waals surface area (Å²) in [6, 6.07) is 12.3. The minimum absolute atomic E-state index is 0.248. The van der Waals surface area contributed by atoms with Gasteiger partial charge in [0.15, 0.2) is 15.7 Å². The Labute approximate surface area is 164 Å². The maximum Gasteiger partial charge on any atom is 0.257 e. The molecule has 0 radical (unpaired) electrons. The van der Waals surface area contributed by atoms with Gasteiger partial charge in [0.1, 0.15) is 5.75 Å². The highest BCUT2D eigenvalue weighted by atomic mass is 16.5. The first-order valence-electron chi connectivity index (χ1n) is 8.61. The lowest BCUT2D eigenvalue weighted by Crippen LogP contribution is -2.34. The third-order valence-corrected chi connectivity index (χ3v) is 4.11. The second-order valence-electron chi connectivity index (χ2n) is 6.66. The molecule has 2 aromatic heterocycles. The topological polar surface area (TPSA) is 107 Å². The van der Waals surface area contributed by atoms with Crippen LogP contribution in [0.25, 0.3) is 0 Å². The second-order valence-corrected chi connectivity index (χ2v) is 6.66. The third-order valence-electron chi connectivity index (χ3n) is 4.11. The van der Waals surface area contributed by atoms with Crippen molar-refractivity contribution >= 4 is 33.2 Å². The standard InChI is InChI=1S/C19H18B2N4O3/c20-19(21,28-16-7-13(17(22)26)10-24-11-16)14-4-1-5-15(8-14)25-18(27)12-3-2-6-23-9-12/h1-11H,20-21H2,(H2,22,26)(H,25,27). The molecule has 28 heavy (non-hydrogen) atoms. The number of aromatic nitrogens is 2. The number of ether oxygens (including phenoxy) is 1. The van der Waals surface area contributed by atoms with E-state index in [0.29, 0.717) is 17.0 Å². The highest BCUT2D eigenvalue weighted by Gasteiger charge is 2.23. The number of hydrogen-bond acceptors (Lipinski definition) is 5. The molecule has 0 saturated carbocycles. The summed E-state index contributed by atoms with van der Waals surface area (Å²) in [6.07, 6.45) is 6.02.